The number of carbonyl (C=O) groups excluding carboxylic acids is 1. The first kappa shape index (κ1) is 18.7. The first-order chi connectivity index (χ1) is 13.4. The Hall–Kier alpha value is -2.64. The van der Waals surface area contributed by atoms with Gasteiger partial charge in [-0.3, -0.25) is 4.79 Å². The van der Waals surface area contributed by atoms with Crippen molar-refractivity contribution in [1.29, 1.82) is 0 Å². The van der Waals surface area contributed by atoms with Crippen molar-refractivity contribution in [2.45, 2.75) is 29.1 Å². The Morgan fingerprint density at radius 2 is 1.75 bits per heavy atom. The minimum Gasteiger partial charge on any atom is -0.497 e. The van der Waals surface area contributed by atoms with Gasteiger partial charge in [0.05, 0.1) is 17.7 Å². The van der Waals surface area contributed by atoms with Crippen molar-refractivity contribution < 1.29 is 17.9 Å². The highest BCUT2D eigenvalue weighted by atomic mass is 32.2. The highest BCUT2D eigenvalue weighted by Crippen LogP contribution is 2.45. The van der Waals surface area contributed by atoms with Gasteiger partial charge in [-0.1, -0.05) is 29.8 Å². The molecule has 0 aliphatic carbocycles. The van der Waals surface area contributed by atoms with E-state index in [0.29, 0.717) is 17.9 Å². The predicted octanol–water partition coefficient (Wildman–Crippen LogP) is 4.37. The molecule has 4 rings (SSSR count). The van der Waals surface area contributed by atoms with E-state index in [0.717, 1.165) is 16.0 Å². The normalized spacial score (nSPS) is 16.4. The van der Waals surface area contributed by atoms with E-state index in [9.17, 15) is 13.2 Å². The summed E-state index contributed by atoms with van der Waals surface area (Å²) in [7, 11) is -2.23. The minimum atomic E-state index is -3.76. The zero-order valence-electron chi connectivity index (χ0n) is 15.4. The Morgan fingerprint density at radius 1 is 1.07 bits per heavy atom. The molecule has 28 heavy (non-hydrogen) atoms. The minimum absolute atomic E-state index is 0.142. The average molecular weight is 414 g/mol. The average Bonchev–Trinajstić information content (AvgIpc) is 3.12. The molecule has 2 heterocycles. The summed E-state index contributed by atoms with van der Waals surface area (Å²) in [6.45, 7) is 2.01. The topological polar surface area (TPSA) is 72.5 Å². The third-order valence-electron chi connectivity index (χ3n) is 4.90. The van der Waals surface area contributed by atoms with E-state index in [4.69, 9.17) is 4.74 Å². The number of amides is 1. The molecular weight excluding hydrogens is 394 g/mol. The lowest BCUT2D eigenvalue weighted by Crippen LogP contribution is -2.23. The monoisotopic (exact) mass is 413 g/mol. The van der Waals surface area contributed by atoms with E-state index in [1.165, 1.54) is 30.6 Å². The molecule has 1 atom stereocenters. The fraction of sp³-hybridized carbons (Fsp3) is 0.190. The van der Waals surface area contributed by atoms with Crippen LogP contribution in [0.2, 0.25) is 0 Å². The van der Waals surface area contributed by atoms with Crippen molar-refractivity contribution in [1.82, 2.24) is 0 Å². The quantitative estimate of drug-likeness (QED) is 0.689. The summed E-state index contributed by atoms with van der Waals surface area (Å²) in [4.78, 5) is 13.5. The molecule has 1 aromatic heterocycles. The third kappa shape index (κ3) is 3.21. The first-order valence-electron chi connectivity index (χ1n) is 8.77. The molecule has 1 amide bonds. The summed E-state index contributed by atoms with van der Waals surface area (Å²) in [6, 6.07) is 14.3. The van der Waals surface area contributed by atoms with Crippen LogP contribution in [0, 0.1) is 6.92 Å². The number of anilines is 1. The fourth-order valence-electron chi connectivity index (χ4n) is 3.35. The van der Waals surface area contributed by atoms with Crippen molar-refractivity contribution in [3.63, 3.8) is 0 Å². The summed E-state index contributed by atoms with van der Waals surface area (Å²) < 4.78 is 31.4. The number of benzene rings is 2. The number of ether oxygens (including phenoxy) is 1. The summed E-state index contributed by atoms with van der Waals surface area (Å²) in [5, 5.41) is 4.41. The lowest BCUT2D eigenvalue weighted by atomic mass is 9.90. The number of hydrogen-bond donors (Lipinski definition) is 1. The van der Waals surface area contributed by atoms with Crippen molar-refractivity contribution >= 4 is 32.8 Å². The van der Waals surface area contributed by atoms with Gasteiger partial charge in [0.15, 0.2) is 0 Å². The lowest BCUT2D eigenvalue weighted by molar-refractivity contribution is -0.116. The van der Waals surface area contributed by atoms with Crippen LogP contribution >= 0.6 is 11.3 Å². The molecule has 0 fully saturated rings. The number of hydrogen-bond acceptors (Lipinski definition) is 5. The molecule has 7 heteroatoms. The molecule has 2 aromatic carbocycles. The largest absolute Gasteiger partial charge is 0.497 e. The van der Waals surface area contributed by atoms with Crippen LogP contribution in [0.4, 0.5) is 5.69 Å². The van der Waals surface area contributed by atoms with Gasteiger partial charge in [-0.2, -0.15) is 0 Å². The van der Waals surface area contributed by atoms with Crippen LogP contribution in [0.1, 0.15) is 28.3 Å². The molecule has 1 aliphatic heterocycles. The van der Waals surface area contributed by atoms with Gasteiger partial charge in [0.25, 0.3) is 0 Å². The van der Waals surface area contributed by atoms with Gasteiger partial charge in [-0.05, 0) is 36.8 Å². The maximum Gasteiger partial charge on any atom is 0.225 e. The van der Waals surface area contributed by atoms with E-state index < -0.39 is 9.84 Å². The molecule has 3 aromatic rings. The molecule has 0 saturated heterocycles. The molecule has 0 unspecified atom stereocenters. The van der Waals surface area contributed by atoms with Crippen LogP contribution in [0.25, 0.3) is 0 Å². The van der Waals surface area contributed by atoms with Gasteiger partial charge in [-0.25, -0.2) is 8.42 Å². The van der Waals surface area contributed by atoms with Gasteiger partial charge < -0.3 is 10.1 Å². The van der Waals surface area contributed by atoms with Crippen molar-refractivity contribution in [2.75, 3.05) is 12.4 Å². The van der Waals surface area contributed by atoms with Crippen LogP contribution in [-0.4, -0.2) is 21.4 Å². The lowest BCUT2D eigenvalue weighted by Gasteiger charge is -2.24. The van der Waals surface area contributed by atoms with Crippen LogP contribution in [0.15, 0.2) is 63.7 Å². The number of nitrogens with one attached hydrogen (secondary N) is 1. The van der Waals surface area contributed by atoms with Crippen molar-refractivity contribution in [2.24, 2.45) is 0 Å². The summed E-state index contributed by atoms with van der Waals surface area (Å²) >= 11 is 1.37. The number of aryl methyl sites for hydroxylation is 1. The summed E-state index contributed by atoms with van der Waals surface area (Å²) in [5.74, 6) is 0.260. The van der Waals surface area contributed by atoms with Gasteiger partial charge in [-0.15, -0.1) is 11.3 Å². The second-order valence-electron chi connectivity index (χ2n) is 6.73. The Labute approximate surface area is 167 Å². The zero-order valence-corrected chi connectivity index (χ0v) is 17.1. The number of carbonyl (C=O) groups is 1. The molecule has 144 valence electrons. The molecule has 0 bridgehead atoms. The van der Waals surface area contributed by atoms with Crippen molar-refractivity contribution in [3.8, 4) is 5.75 Å². The van der Waals surface area contributed by atoms with Gasteiger partial charge in [0, 0.05) is 22.6 Å². The van der Waals surface area contributed by atoms with Gasteiger partial charge in [0.1, 0.15) is 10.6 Å². The molecular formula is C21H19NO4S2. The number of fused-ring (bicyclic) bond motifs is 1. The highest BCUT2D eigenvalue weighted by Gasteiger charge is 2.34. The summed E-state index contributed by atoms with van der Waals surface area (Å²) in [5.41, 5.74) is 2.55. The summed E-state index contributed by atoms with van der Waals surface area (Å²) in [6.07, 6.45) is 0.304. The van der Waals surface area contributed by atoms with E-state index in [2.05, 4.69) is 5.32 Å². The molecule has 0 spiro atoms. The maximum atomic E-state index is 13.2. The zero-order chi connectivity index (χ0) is 19.9. The molecule has 1 aliphatic rings. The second kappa shape index (κ2) is 7.07. The van der Waals surface area contributed by atoms with Crippen LogP contribution in [-0.2, 0) is 14.6 Å². The third-order valence-corrected chi connectivity index (χ3v) is 7.93. The second-order valence-corrected chi connectivity index (χ2v) is 9.56. The standard InChI is InChI=1S/C21H19NO4S2/c1-13-3-5-14(6-4-13)17-11-19(23)22-20-18(12-27-21(17)20)28(24,25)16-9-7-15(26-2)8-10-16/h3-10,12,17H,11H2,1-2H3,(H,22,23)/t17-/m0/s1. The highest BCUT2D eigenvalue weighted by molar-refractivity contribution is 7.91. The Bertz CT molecular complexity index is 1130. The maximum absolute atomic E-state index is 13.2. The van der Waals surface area contributed by atoms with E-state index in [-0.39, 0.29) is 21.6 Å². The Kier molecular flexibility index (Phi) is 4.72. The van der Waals surface area contributed by atoms with Gasteiger partial charge >= 0.3 is 0 Å². The van der Waals surface area contributed by atoms with Gasteiger partial charge in [0.2, 0.25) is 15.7 Å². The SMILES string of the molecule is COc1ccc(S(=O)(=O)c2csc3c2NC(=O)C[C@H]3c2ccc(C)cc2)cc1. The van der Waals surface area contributed by atoms with E-state index >= 15 is 0 Å². The van der Waals surface area contributed by atoms with E-state index in [1.807, 2.05) is 31.2 Å². The first-order valence-corrected chi connectivity index (χ1v) is 11.1. The van der Waals surface area contributed by atoms with E-state index in [1.54, 1.807) is 17.5 Å². The number of rotatable bonds is 4. The van der Waals surface area contributed by atoms with Crippen LogP contribution in [0.5, 0.6) is 5.75 Å². The van der Waals surface area contributed by atoms with Crippen LogP contribution < -0.4 is 10.1 Å². The molecule has 1 N–H and O–H groups in total. The molecule has 0 saturated carbocycles. The van der Waals surface area contributed by atoms with Crippen LogP contribution in [0.3, 0.4) is 0 Å². The molecule has 0 radical (unpaired) electrons. The number of thiophene rings is 1. The molecule has 5 nitrogen and oxygen atoms in total. The Morgan fingerprint density at radius 3 is 2.39 bits per heavy atom. The number of methoxy groups -OCH3 is 1. The Balaban J connectivity index is 1.79. The fourth-order valence-corrected chi connectivity index (χ4v) is 6.26. The predicted molar refractivity (Wildman–Crippen MR) is 109 cm³/mol. The smallest absolute Gasteiger partial charge is 0.225 e. The van der Waals surface area contributed by atoms with Crippen molar-refractivity contribution in [3.05, 3.63) is 69.9 Å². The number of sulfone groups is 1.